The number of hydrogen-bond acceptors (Lipinski definition) is 4. The van der Waals surface area contributed by atoms with E-state index in [4.69, 9.17) is 0 Å². The zero-order chi connectivity index (χ0) is 20.6. The Morgan fingerprint density at radius 3 is 2.36 bits per heavy atom. The van der Waals surface area contributed by atoms with Crippen molar-refractivity contribution < 1.29 is 13.2 Å². The number of rotatable bonds is 10. The molecule has 2 N–H and O–H groups in total. The van der Waals surface area contributed by atoms with E-state index in [1.807, 2.05) is 30.3 Å². The molecule has 28 heavy (non-hydrogen) atoms. The van der Waals surface area contributed by atoms with Crippen molar-refractivity contribution in [2.75, 3.05) is 26.0 Å². The van der Waals surface area contributed by atoms with Crippen molar-refractivity contribution in [1.29, 1.82) is 0 Å². The van der Waals surface area contributed by atoms with E-state index in [-0.39, 0.29) is 10.8 Å². The Hall–Kier alpha value is -2.38. The SMILES string of the molecule is CCCCCCNC(=O)c1cc(S(=O)(=O)N(C)C)ccc1Nc1ccccc1. The van der Waals surface area contributed by atoms with Crippen LogP contribution >= 0.6 is 0 Å². The van der Waals surface area contributed by atoms with Crippen LogP contribution in [0.25, 0.3) is 0 Å². The molecule has 152 valence electrons. The highest BCUT2D eigenvalue weighted by Gasteiger charge is 2.21. The van der Waals surface area contributed by atoms with Crippen LogP contribution in [0.15, 0.2) is 53.4 Å². The van der Waals surface area contributed by atoms with Gasteiger partial charge in [0.25, 0.3) is 5.91 Å². The van der Waals surface area contributed by atoms with Crippen LogP contribution in [0.1, 0.15) is 43.0 Å². The van der Waals surface area contributed by atoms with Crippen molar-refractivity contribution in [3.8, 4) is 0 Å². The quantitative estimate of drug-likeness (QED) is 0.588. The van der Waals surface area contributed by atoms with Crippen LogP contribution in [0.3, 0.4) is 0 Å². The number of carbonyl (C=O) groups is 1. The monoisotopic (exact) mass is 403 g/mol. The number of para-hydroxylation sites is 1. The van der Waals surface area contributed by atoms with Gasteiger partial charge in [-0.25, -0.2) is 12.7 Å². The number of nitrogens with one attached hydrogen (secondary N) is 2. The van der Waals surface area contributed by atoms with Gasteiger partial charge in [0.2, 0.25) is 10.0 Å². The topological polar surface area (TPSA) is 78.5 Å². The summed E-state index contributed by atoms with van der Waals surface area (Å²) in [5.74, 6) is -0.286. The fraction of sp³-hybridized carbons (Fsp3) is 0.381. The molecule has 0 bridgehead atoms. The number of hydrogen-bond donors (Lipinski definition) is 2. The third-order valence-electron chi connectivity index (χ3n) is 4.38. The second-order valence-corrected chi connectivity index (χ2v) is 8.95. The minimum absolute atomic E-state index is 0.0900. The molecule has 0 saturated carbocycles. The van der Waals surface area contributed by atoms with Crippen molar-refractivity contribution in [2.45, 2.75) is 37.5 Å². The van der Waals surface area contributed by atoms with Crippen LogP contribution < -0.4 is 10.6 Å². The lowest BCUT2D eigenvalue weighted by molar-refractivity contribution is 0.0953. The first-order chi connectivity index (χ1) is 13.4. The van der Waals surface area contributed by atoms with E-state index >= 15 is 0 Å². The maximum Gasteiger partial charge on any atom is 0.253 e. The lowest BCUT2D eigenvalue weighted by atomic mass is 10.1. The zero-order valence-electron chi connectivity index (χ0n) is 16.7. The van der Waals surface area contributed by atoms with Crippen molar-refractivity contribution in [1.82, 2.24) is 9.62 Å². The number of nitrogens with zero attached hydrogens (tertiary/aromatic N) is 1. The van der Waals surface area contributed by atoms with Gasteiger partial charge < -0.3 is 10.6 Å². The van der Waals surface area contributed by atoms with Crippen molar-refractivity contribution >= 4 is 27.3 Å². The Morgan fingerprint density at radius 2 is 1.71 bits per heavy atom. The highest BCUT2D eigenvalue weighted by molar-refractivity contribution is 7.89. The average Bonchev–Trinajstić information content (AvgIpc) is 2.68. The van der Waals surface area contributed by atoms with Crippen LogP contribution in [0, 0.1) is 0 Å². The zero-order valence-corrected chi connectivity index (χ0v) is 17.6. The second kappa shape index (κ2) is 10.2. The molecule has 2 rings (SSSR count). The smallest absolute Gasteiger partial charge is 0.253 e. The van der Waals surface area contributed by atoms with E-state index in [2.05, 4.69) is 17.6 Å². The highest BCUT2D eigenvalue weighted by atomic mass is 32.2. The van der Waals surface area contributed by atoms with E-state index in [1.54, 1.807) is 6.07 Å². The average molecular weight is 404 g/mol. The Labute approximate surface area is 168 Å². The molecule has 0 heterocycles. The van der Waals surface area contributed by atoms with Gasteiger partial charge in [-0.1, -0.05) is 44.4 Å². The van der Waals surface area contributed by atoms with E-state index in [0.717, 1.165) is 35.7 Å². The van der Waals surface area contributed by atoms with Crippen LogP contribution in [0.2, 0.25) is 0 Å². The third kappa shape index (κ3) is 5.81. The van der Waals surface area contributed by atoms with Gasteiger partial charge in [0, 0.05) is 26.3 Å². The summed E-state index contributed by atoms with van der Waals surface area (Å²) in [5.41, 5.74) is 1.69. The molecule has 6 nitrogen and oxygen atoms in total. The summed E-state index contributed by atoms with van der Waals surface area (Å²) >= 11 is 0. The lowest BCUT2D eigenvalue weighted by Crippen LogP contribution is -2.26. The molecule has 0 atom stereocenters. The Morgan fingerprint density at radius 1 is 1.00 bits per heavy atom. The third-order valence-corrected chi connectivity index (χ3v) is 6.19. The van der Waals surface area contributed by atoms with Crippen molar-refractivity contribution in [2.24, 2.45) is 0 Å². The normalized spacial score (nSPS) is 11.4. The molecule has 0 radical (unpaired) electrons. The van der Waals surface area contributed by atoms with Gasteiger partial charge in [0.05, 0.1) is 16.1 Å². The second-order valence-electron chi connectivity index (χ2n) is 6.80. The molecule has 0 spiro atoms. The molecule has 0 aliphatic rings. The van der Waals surface area contributed by atoms with E-state index in [1.165, 1.54) is 26.2 Å². The summed E-state index contributed by atoms with van der Waals surface area (Å²) in [6, 6.07) is 14.0. The number of carbonyl (C=O) groups excluding carboxylic acids is 1. The highest BCUT2D eigenvalue weighted by Crippen LogP contribution is 2.25. The van der Waals surface area contributed by atoms with Crippen molar-refractivity contribution in [3.63, 3.8) is 0 Å². The number of unbranched alkanes of at least 4 members (excludes halogenated alkanes) is 3. The lowest BCUT2D eigenvalue weighted by Gasteiger charge is -2.16. The molecular formula is C21H29N3O3S. The van der Waals surface area contributed by atoms with Crippen LogP contribution in [0.4, 0.5) is 11.4 Å². The predicted octanol–water partition coefficient (Wildman–Crippen LogP) is 3.99. The maximum atomic E-state index is 12.8. The van der Waals surface area contributed by atoms with Gasteiger partial charge in [0.1, 0.15) is 0 Å². The summed E-state index contributed by atoms with van der Waals surface area (Å²) in [6.07, 6.45) is 4.22. The van der Waals surface area contributed by atoms with Crippen LogP contribution in [0.5, 0.6) is 0 Å². The first-order valence-electron chi connectivity index (χ1n) is 9.53. The number of amides is 1. The molecule has 0 saturated heterocycles. The largest absolute Gasteiger partial charge is 0.355 e. The van der Waals surface area contributed by atoms with Crippen molar-refractivity contribution in [3.05, 3.63) is 54.1 Å². The molecule has 0 aromatic heterocycles. The number of benzene rings is 2. The molecule has 0 fully saturated rings. The maximum absolute atomic E-state index is 12.8. The Bertz CT molecular complexity index is 881. The molecule has 0 aliphatic carbocycles. The Balaban J connectivity index is 2.29. The fourth-order valence-corrected chi connectivity index (χ4v) is 3.65. The van der Waals surface area contributed by atoms with E-state index in [0.29, 0.717) is 17.8 Å². The summed E-state index contributed by atoms with van der Waals surface area (Å²) in [4.78, 5) is 12.9. The van der Waals surface area contributed by atoms with Gasteiger partial charge in [-0.2, -0.15) is 0 Å². The summed E-state index contributed by atoms with van der Waals surface area (Å²) in [6.45, 7) is 2.70. The van der Waals surface area contributed by atoms with E-state index < -0.39 is 10.0 Å². The number of anilines is 2. The van der Waals surface area contributed by atoms with Gasteiger partial charge in [-0.3, -0.25) is 4.79 Å². The molecule has 1 amide bonds. The summed E-state index contributed by atoms with van der Waals surface area (Å²) in [5, 5.41) is 6.11. The predicted molar refractivity (Wildman–Crippen MR) is 114 cm³/mol. The summed E-state index contributed by atoms with van der Waals surface area (Å²) in [7, 11) is -0.687. The molecule has 0 unspecified atom stereocenters. The van der Waals surface area contributed by atoms with E-state index in [9.17, 15) is 13.2 Å². The molecule has 2 aromatic rings. The first kappa shape index (κ1) is 21.9. The minimum Gasteiger partial charge on any atom is -0.355 e. The summed E-state index contributed by atoms with van der Waals surface area (Å²) < 4.78 is 26.1. The van der Waals surface area contributed by atoms with Gasteiger partial charge >= 0.3 is 0 Å². The Kier molecular flexibility index (Phi) is 8.02. The number of sulfonamides is 1. The van der Waals surface area contributed by atoms with Gasteiger partial charge in [0.15, 0.2) is 0 Å². The van der Waals surface area contributed by atoms with Gasteiger partial charge in [-0.15, -0.1) is 0 Å². The molecule has 0 aliphatic heterocycles. The van der Waals surface area contributed by atoms with Gasteiger partial charge in [-0.05, 0) is 36.8 Å². The molecule has 2 aromatic carbocycles. The molecular weight excluding hydrogens is 374 g/mol. The van der Waals surface area contributed by atoms with Crippen LogP contribution in [-0.2, 0) is 10.0 Å². The standard InChI is InChI=1S/C21H29N3O3S/c1-4-5-6-10-15-22-21(25)19-16-18(28(26,27)24(2)3)13-14-20(19)23-17-11-8-7-9-12-17/h7-9,11-14,16,23H,4-6,10,15H2,1-3H3,(H,22,25). The fourth-order valence-electron chi connectivity index (χ4n) is 2.72. The van der Waals surface area contributed by atoms with Crippen LogP contribution in [-0.4, -0.2) is 39.3 Å². The first-order valence-corrected chi connectivity index (χ1v) is 11.0. The molecule has 7 heteroatoms. The minimum atomic E-state index is -3.63.